The molecule has 0 N–H and O–H groups in total. The minimum Gasteiger partial charge on any atom is -0.481 e. The number of methoxy groups -OCH3 is 1. The highest BCUT2D eigenvalue weighted by Crippen LogP contribution is 2.25. The lowest BCUT2D eigenvalue weighted by Crippen LogP contribution is -1.98. The number of ether oxygens (including phenoxy) is 1. The average molecular weight is 229 g/mol. The minimum absolute atomic E-state index is 0.382. The fourth-order valence-corrected chi connectivity index (χ4v) is 1.54. The van der Waals surface area contributed by atoms with E-state index in [9.17, 15) is 0 Å². The van der Waals surface area contributed by atoms with Gasteiger partial charge in [-0.3, -0.25) is 0 Å². The van der Waals surface area contributed by atoms with Crippen molar-refractivity contribution >= 4 is 0 Å². The molecule has 4 nitrogen and oxygen atoms in total. The standard InChI is InChI=1S/C13H15N3O/c1-9(2)11-6-7-12(16-15-11)10-5-4-8-14-13(10)17-3/h4-9H,1-3H3. The molecule has 2 heterocycles. The van der Waals surface area contributed by atoms with Gasteiger partial charge in [0.1, 0.15) is 0 Å². The average Bonchev–Trinajstić information content (AvgIpc) is 2.39. The molecule has 0 aromatic carbocycles. The Morgan fingerprint density at radius 3 is 2.53 bits per heavy atom. The van der Waals surface area contributed by atoms with Crippen LogP contribution in [0.5, 0.6) is 5.88 Å². The summed E-state index contributed by atoms with van der Waals surface area (Å²) in [4.78, 5) is 4.14. The molecule has 0 aliphatic rings. The fraction of sp³-hybridized carbons (Fsp3) is 0.308. The van der Waals surface area contributed by atoms with Crippen LogP contribution in [0.4, 0.5) is 0 Å². The van der Waals surface area contributed by atoms with E-state index in [0.29, 0.717) is 11.8 Å². The van der Waals surface area contributed by atoms with Crippen LogP contribution in [0, 0.1) is 0 Å². The van der Waals surface area contributed by atoms with Crippen LogP contribution in [0.2, 0.25) is 0 Å². The molecule has 2 aromatic rings. The molecule has 0 saturated heterocycles. The topological polar surface area (TPSA) is 47.9 Å². The van der Waals surface area contributed by atoms with Gasteiger partial charge < -0.3 is 4.74 Å². The van der Waals surface area contributed by atoms with E-state index < -0.39 is 0 Å². The molecule has 0 aliphatic carbocycles. The van der Waals surface area contributed by atoms with E-state index in [1.807, 2.05) is 24.3 Å². The van der Waals surface area contributed by atoms with Crippen LogP contribution in [-0.4, -0.2) is 22.3 Å². The fourth-order valence-electron chi connectivity index (χ4n) is 1.54. The number of aromatic nitrogens is 3. The number of nitrogens with zero attached hydrogens (tertiary/aromatic N) is 3. The Balaban J connectivity index is 2.40. The monoisotopic (exact) mass is 229 g/mol. The van der Waals surface area contributed by atoms with Crippen LogP contribution in [0.25, 0.3) is 11.3 Å². The van der Waals surface area contributed by atoms with Crippen molar-refractivity contribution in [3.05, 3.63) is 36.2 Å². The normalized spacial score (nSPS) is 10.6. The summed E-state index contributed by atoms with van der Waals surface area (Å²) in [5.74, 6) is 0.950. The van der Waals surface area contributed by atoms with Crippen LogP contribution >= 0.6 is 0 Å². The van der Waals surface area contributed by atoms with Crippen molar-refractivity contribution in [2.75, 3.05) is 7.11 Å². The van der Waals surface area contributed by atoms with Crippen molar-refractivity contribution in [3.8, 4) is 17.1 Å². The predicted octanol–water partition coefficient (Wildman–Crippen LogP) is 2.67. The molecule has 88 valence electrons. The van der Waals surface area contributed by atoms with Gasteiger partial charge in [0, 0.05) is 6.20 Å². The first kappa shape index (κ1) is 11.5. The molecule has 2 aromatic heterocycles. The van der Waals surface area contributed by atoms with Gasteiger partial charge in [0.25, 0.3) is 0 Å². The van der Waals surface area contributed by atoms with E-state index in [1.54, 1.807) is 13.3 Å². The predicted molar refractivity (Wildman–Crippen MR) is 65.9 cm³/mol. The van der Waals surface area contributed by atoms with Gasteiger partial charge >= 0.3 is 0 Å². The molecule has 2 rings (SSSR count). The molecule has 0 fully saturated rings. The Bertz CT molecular complexity index is 494. The van der Waals surface area contributed by atoms with Gasteiger partial charge in [-0.25, -0.2) is 4.98 Å². The Kier molecular flexibility index (Phi) is 3.32. The molecule has 0 aliphatic heterocycles. The third-order valence-electron chi connectivity index (χ3n) is 2.52. The molecular weight excluding hydrogens is 214 g/mol. The minimum atomic E-state index is 0.382. The molecule has 0 spiro atoms. The zero-order chi connectivity index (χ0) is 12.3. The second-order valence-electron chi connectivity index (χ2n) is 4.06. The first-order valence-corrected chi connectivity index (χ1v) is 5.55. The van der Waals surface area contributed by atoms with E-state index in [4.69, 9.17) is 4.74 Å². The van der Waals surface area contributed by atoms with E-state index in [-0.39, 0.29) is 0 Å². The maximum atomic E-state index is 5.20. The summed E-state index contributed by atoms with van der Waals surface area (Å²) in [5, 5.41) is 8.41. The van der Waals surface area contributed by atoms with Gasteiger partial charge in [0.2, 0.25) is 5.88 Å². The van der Waals surface area contributed by atoms with Crippen LogP contribution in [-0.2, 0) is 0 Å². The van der Waals surface area contributed by atoms with Crippen LogP contribution in [0.3, 0.4) is 0 Å². The molecular formula is C13H15N3O. The van der Waals surface area contributed by atoms with E-state index in [2.05, 4.69) is 29.0 Å². The lowest BCUT2D eigenvalue weighted by Gasteiger charge is -2.07. The van der Waals surface area contributed by atoms with Crippen LogP contribution < -0.4 is 4.74 Å². The Morgan fingerprint density at radius 1 is 1.12 bits per heavy atom. The van der Waals surface area contributed by atoms with E-state index in [0.717, 1.165) is 17.0 Å². The summed E-state index contributed by atoms with van der Waals surface area (Å²) >= 11 is 0. The molecule has 17 heavy (non-hydrogen) atoms. The smallest absolute Gasteiger partial charge is 0.222 e. The van der Waals surface area contributed by atoms with Crippen LogP contribution in [0.1, 0.15) is 25.5 Å². The lowest BCUT2D eigenvalue weighted by molar-refractivity contribution is 0.399. The Hall–Kier alpha value is -1.97. The summed E-state index contributed by atoms with van der Waals surface area (Å²) in [5.41, 5.74) is 2.62. The highest BCUT2D eigenvalue weighted by atomic mass is 16.5. The highest BCUT2D eigenvalue weighted by Gasteiger charge is 2.09. The van der Waals surface area contributed by atoms with Gasteiger partial charge in [-0.2, -0.15) is 10.2 Å². The summed E-state index contributed by atoms with van der Waals surface area (Å²) in [6.45, 7) is 4.18. The number of hydrogen-bond acceptors (Lipinski definition) is 4. The van der Waals surface area contributed by atoms with Crippen molar-refractivity contribution < 1.29 is 4.74 Å². The van der Waals surface area contributed by atoms with Crippen molar-refractivity contribution in [2.24, 2.45) is 0 Å². The second kappa shape index (κ2) is 4.91. The maximum Gasteiger partial charge on any atom is 0.222 e. The van der Waals surface area contributed by atoms with Crippen LogP contribution in [0.15, 0.2) is 30.5 Å². The number of hydrogen-bond donors (Lipinski definition) is 0. The first-order chi connectivity index (χ1) is 8.22. The third kappa shape index (κ3) is 2.41. The number of pyridine rings is 1. The van der Waals surface area contributed by atoms with Gasteiger partial charge in [0.15, 0.2) is 0 Å². The Morgan fingerprint density at radius 2 is 1.94 bits per heavy atom. The molecule has 0 bridgehead atoms. The van der Waals surface area contributed by atoms with Gasteiger partial charge in [0.05, 0.1) is 24.1 Å². The zero-order valence-corrected chi connectivity index (χ0v) is 10.2. The van der Waals surface area contributed by atoms with E-state index in [1.165, 1.54) is 0 Å². The summed E-state index contributed by atoms with van der Waals surface area (Å²) in [6.07, 6.45) is 1.69. The zero-order valence-electron chi connectivity index (χ0n) is 10.2. The first-order valence-electron chi connectivity index (χ1n) is 5.55. The van der Waals surface area contributed by atoms with Gasteiger partial charge in [-0.15, -0.1) is 0 Å². The highest BCUT2D eigenvalue weighted by molar-refractivity contribution is 5.64. The molecule has 0 unspecified atom stereocenters. The quantitative estimate of drug-likeness (QED) is 0.811. The SMILES string of the molecule is COc1ncccc1-c1ccc(C(C)C)nn1. The lowest BCUT2D eigenvalue weighted by atomic mass is 10.1. The van der Waals surface area contributed by atoms with Crippen molar-refractivity contribution in [3.63, 3.8) is 0 Å². The van der Waals surface area contributed by atoms with Crippen molar-refractivity contribution in [1.29, 1.82) is 0 Å². The second-order valence-corrected chi connectivity index (χ2v) is 4.06. The summed E-state index contributed by atoms with van der Waals surface area (Å²) in [6, 6.07) is 7.71. The summed E-state index contributed by atoms with van der Waals surface area (Å²) < 4.78 is 5.20. The Labute approximate surface area is 101 Å². The summed E-state index contributed by atoms with van der Waals surface area (Å²) in [7, 11) is 1.60. The van der Waals surface area contributed by atoms with Crippen molar-refractivity contribution in [2.45, 2.75) is 19.8 Å². The molecule has 0 radical (unpaired) electrons. The maximum absolute atomic E-state index is 5.20. The number of rotatable bonds is 3. The largest absolute Gasteiger partial charge is 0.481 e. The molecule has 0 atom stereocenters. The molecule has 4 heteroatoms. The van der Waals surface area contributed by atoms with Crippen molar-refractivity contribution in [1.82, 2.24) is 15.2 Å². The van der Waals surface area contributed by atoms with Gasteiger partial charge in [-0.1, -0.05) is 13.8 Å². The third-order valence-corrected chi connectivity index (χ3v) is 2.52. The van der Waals surface area contributed by atoms with Gasteiger partial charge in [-0.05, 0) is 30.2 Å². The van der Waals surface area contributed by atoms with E-state index >= 15 is 0 Å². The molecule has 0 amide bonds. The molecule has 0 saturated carbocycles.